The van der Waals surface area contributed by atoms with Crippen molar-refractivity contribution < 1.29 is 11.0 Å². The molecule has 1 fully saturated rings. The lowest BCUT2D eigenvalue weighted by atomic mass is 10.2. The number of imide groups is 1. The van der Waals surface area contributed by atoms with Crippen molar-refractivity contribution in [3.63, 3.8) is 0 Å². The standard InChI is InChI=1S/C7H12N2O2.C3H6.H2/c1-3-9-6(10)4-5(8-2)7(9)11;1-3-2;/h5,8H,3-4H2,1-2H3;3H,1H2,2H3;1H. The van der Waals surface area contributed by atoms with E-state index in [-0.39, 0.29) is 19.3 Å². The maximum Gasteiger partial charge on any atom is 0.246 e. The quantitative estimate of drug-likeness (QED) is 0.529. The number of nitrogens with zero attached hydrogens (tertiary/aromatic N) is 1. The summed E-state index contributed by atoms with van der Waals surface area (Å²) in [6, 6.07) is -0.289. The summed E-state index contributed by atoms with van der Waals surface area (Å²) in [7, 11) is 1.69. The number of allylic oxidation sites excluding steroid dienone is 1. The predicted molar refractivity (Wildman–Crippen MR) is 57.8 cm³/mol. The minimum atomic E-state index is -0.289. The van der Waals surface area contributed by atoms with Crippen LogP contribution in [0, 0.1) is 0 Å². The molecular formula is C10H20N2O2. The largest absolute Gasteiger partial charge is 0.308 e. The van der Waals surface area contributed by atoms with Crippen molar-refractivity contribution in [2.24, 2.45) is 0 Å². The second-order valence-corrected chi connectivity index (χ2v) is 2.93. The zero-order valence-corrected chi connectivity index (χ0v) is 9.04. The van der Waals surface area contributed by atoms with Crippen molar-refractivity contribution in [3.8, 4) is 0 Å². The molecule has 1 N–H and O–H groups in total. The minimum Gasteiger partial charge on any atom is -0.308 e. The number of hydrogen-bond donors (Lipinski definition) is 1. The Kier molecular flexibility index (Phi) is 5.79. The Morgan fingerprint density at radius 2 is 2.21 bits per heavy atom. The first kappa shape index (κ1) is 12.8. The van der Waals surface area contributed by atoms with Gasteiger partial charge >= 0.3 is 0 Å². The third-order valence-electron chi connectivity index (χ3n) is 1.91. The van der Waals surface area contributed by atoms with Crippen LogP contribution in [0.1, 0.15) is 21.7 Å². The summed E-state index contributed by atoms with van der Waals surface area (Å²) in [5.74, 6) is -0.170. The number of likely N-dealkylation sites (N-methyl/N-ethyl adjacent to an activating group) is 2. The van der Waals surface area contributed by atoms with Gasteiger partial charge in [0.15, 0.2) is 0 Å². The lowest BCUT2D eigenvalue weighted by Gasteiger charge is -2.10. The molecule has 1 heterocycles. The smallest absolute Gasteiger partial charge is 0.246 e. The maximum absolute atomic E-state index is 11.2. The molecule has 1 atom stereocenters. The molecule has 82 valence electrons. The van der Waals surface area contributed by atoms with Crippen LogP contribution in [0.2, 0.25) is 0 Å². The Balaban J connectivity index is 0. The molecular weight excluding hydrogens is 180 g/mol. The lowest BCUT2D eigenvalue weighted by molar-refractivity contribution is -0.138. The van der Waals surface area contributed by atoms with Gasteiger partial charge in [0.25, 0.3) is 0 Å². The van der Waals surface area contributed by atoms with E-state index >= 15 is 0 Å². The molecule has 1 aliphatic heterocycles. The van der Waals surface area contributed by atoms with Crippen LogP contribution in [0.5, 0.6) is 0 Å². The summed E-state index contributed by atoms with van der Waals surface area (Å²) in [6.45, 7) is 7.53. The number of amides is 2. The van der Waals surface area contributed by atoms with Gasteiger partial charge < -0.3 is 5.32 Å². The molecule has 0 spiro atoms. The average molecular weight is 200 g/mol. The summed E-state index contributed by atoms with van der Waals surface area (Å²) >= 11 is 0. The SMILES string of the molecule is C=CC.CCN1C(=O)CC(NC)C1=O.[HH]. The van der Waals surface area contributed by atoms with E-state index in [0.29, 0.717) is 13.0 Å². The number of nitrogens with one attached hydrogen (secondary N) is 1. The highest BCUT2D eigenvalue weighted by molar-refractivity contribution is 6.05. The van der Waals surface area contributed by atoms with E-state index in [9.17, 15) is 9.59 Å². The Labute approximate surface area is 86.5 Å². The fourth-order valence-electron chi connectivity index (χ4n) is 1.24. The minimum absolute atomic E-state index is 0. The van der Waals surface area contributed by atoms with Crippen LogP contribution < -0.4 is 5.32 Å². The van der Waals surface area contributed by atoms with Gasteiger partial charge in [-0.2, -0.15) is 0 Å². The number of rotatable bonds is 2. The highest BCUT2D eigenvalue weighted by atomic mass is 16.2. The first-order chi connectivity index (χ1) is 6.62. The van der Waals surface area contributed by atoms with Crippen LogP contribution >= 0.6 is 0 Å². The molecule has 14 heavy (non-hydrogen) atoms. The van der Waals surface area contributed by atoms with Gasteiger partial charge in [0.2, 0.25) is 11.8 Å². The van der Waals surface area contributed by atoms with Gasteiger partial charge in [0.1, 0.15) is 0 Å². The number of likely N-dealkylation sites (tertiary alicyclic amines) is 1. The van der Waals surface area contributed by atoms with Crippen LogP contribution in [-0.4, -0.2) is 36.3 Å². The van der Waals surface area contributed by atoms with Gasteiger partial charge in [0.05, 0.1) is 12.5 Å². The third-order valence-corrected chi connectivity index (χ3v) is 1.91. The first-order valence-electron chi connectivity index (χ1n) is 4.70. The molecule has 1 unspecified atom stereocenters. The molecule has 2 amide bonds. The number of hydrogen-bond acceptors (Lipinski definition) is 3. The topological polar surface area (TPSA) is 49.4 Å². The third kappa shape index (κ3) is 2.96. The van der Waals surface area contributed by atoms with Gasteiger partial charge in [-0.1, -0.05) is 6.08 Å². The van der Waals surface area contributed by atoms with Crippen molar-refractivity contribution in [2.75, 3.05) is 13.6 Å². The first-order valence-corrected chi connectivity index (χ1v) is 4.70. The fraction of sp³-hybridized carbons (Fsp3) is 0.600. The van der Waals surface area contributed by atoms with Gasteiger partial charge in [0, 0.05) is 7.97 Å². The van der Waals surface area contributed by atoms with Crippen LogP contribution in [0.15, 0.2) is 12.7 Å². The van der Waals surface area contributed by atoms with Crippen molar-refractivity contribution in [2.45, 2.75) is 26.3 Å². The maximum atomic E-state index is 11.2. The Morgan fingerprint density at radius 3 is 2.43 bits per heavy atom. The Morgan fingerprint density at radius 1 is 1.71 bits per heavy atom. The van der Waals surface area contributed by atoms with Crippen molar-refractivity contribution in [1.82, 2.24) is 10.2 Å². The summed E-state index contributed by atoms with van der Waals surface area (Å²) in [4.78, 5) is 23.5. The van der Waals surface area contributed by atoms with Crippen molar-refractivity contribution in [1.29, 1.82) is 0 Å². The monoisotopic (exact) mass is 200 g/mol. The van der Waals surface area contributed by atoms with E-state index in [1.165, 1.54) is 4.90 Å². The highest BCUT2D eigenvalue weighted by Gasteiger charge is 2.36. The molecule has 0 aromatic carbocycles. The molecule has 0 aromatic heterocycles. The lowest BCUT2D eigenvalue weighted by Crippen LogP contribution is -2.36. The van der Waals surface area contributed by atoms with Crippen LogP contribution in [0.3, 0.4) is 0 Å². The predicted octanol–water partition coefficient (Wildman–Crippen LogP) is 0.791. The van der Waals surface area contributed by atoms with E-state index in [2.05, 4.69) is 11.9 Å². The Bertz CT molecular complexity index is 231. The number of carbonyl (C=O) groups is 2. The van der Waals surface area contributed by atoms with Crippen molar-refractivity contribution >= 4 is 11.8 Å². The van der Waals surface area contributed by atoms with E-state index in [1.54, 1.807) is 20.0 Å². The Hall–Kier alpha value is -1.16. The van der Waals surface area contributed by atoms with Crippen molar-refractivity contribution in [3.05, 3.63) is 12.7 Å². The highest BCUT2D eigenvalue weighted by Crippen LogP contribution is 2.11. The molecule has 1 saturated heterocycles. The van der Waals surface area contributed by atoms with Gasteiger partial charge in [-0.25, -0.2) is 0 Å². The van der Waals surface area contributed by atoms with E-state index in [4.69, 9.17) is 0 Å². The fourth-order valence-corrected chi connectivity index (χ4v) is 1.24. The van der Waals surface area contributed by atoms with Gasteiger partial charge in [-0.05, 0) is 20.9 Å². The summed E-state index contributed by atoms with van der Waals surface area (Å²) < 4.78 is 0. The molecule has 0 bridgehead atoms. The molecule has 0 aromatic rings. The molecule has 0 aliphatic carbocycles. The van der Waals surface area contributed by atoms with E-state index in [0.717, 1.165) is 0 Å². The molecule has 0 radical (unpaired) electrons. The average Bonchev–Trinajstić information content (AvgIpc) is 2.42. The zero-order chi connectivity index (χ0) is 11.1. The summed E-state index contributed by atoms with van der Waals surface area (Å²) in [5.41, 5.74) is 0. The summed E-state index contributed by atoms with van der Waals surface area (Å²) in [5, 5.41) is 2.80. The molecule has 1 aliphatic rings. The van der Waals surface area contributed by atoms with E-state index in [1.807, 2.05) is 6.92 Å². The second kappa shape index (κ2) is 6.32. The zero-order valence-electron chi connectivity index (χ0n) is 9.04. The van der Waals surface area contributed by atoms with Crippen LogP contribution in [-0.2, 0) is 9.59 Å². The van der Waals surface area contributed by atoms with Crippen LogP contribution in [0.25, 0.3) is 0 Å². The van der Waals surface area contributed by atoms with E-state index < -0.39 is 0 Å². The molecule has 0 saturated carbocycles. The number of carbonyl (C=O) groups excluding carboxylic acids is 2. The molecule has 4 nitrogen and oxygen atoms in total. The second-order valence-electron chi connectivity index (χ2n) is 2.93. The molecule has 4 heteroatoms. The van der Waals surface area contributed by atoms with Gasteiger partial charge in [-0.15, -0.1) is 6.58 Å². The van der Waals surface area contributed by atoms with Crippen LogP contribution in [0.4, 0.5) is 0 Å². The normalized spacial score (nSPS) is 20.5. The molecule has 1 rings (SSSR count). The van der Waals surface area contributed by atoms with Gasteiger partial charge in [-0.3, -0.25) is 14.5 Å². The summed E-state index contributed by atoms with van der Waals surface area (Å²) in [6.07, 6.45) is 2.06.